The number of rotatable bonds is 2. The van der Waals surface area contributed by atoms with Gasteiger partial charge in [0.15, 0.2) is 0 Å². The van der Waals surface area contributed by atoms with Gasteiger partial charge in [-0.05, 0) is 49.1 Å². The Hall–Kier alpha value is -1.39. The monoisotopic (exact) mass is 288 g/mol. The second-order valence-corrected chi connectivity index (χ2v) is 6.25. The average Bonchev–Trinajstić information content (AvgIpc) is 2.53. The fourth-order valence-electron chi connectivity index (χ4n) is 3.51. The van der Waals surface area contributed by atoms with Crippen LogP contribution in [0, 0.1) is 0 Å². The SMILES string of the molecule is CN(C(=O)c1ccc2c(c1)CNCC2)C1CCCCC1O. The number of nitrogens with zero attached hydrogens (tertiary/aromatic N) is 1. The predicted molar refractivity (Wildman–Crippen MR) is 82.2 cm³/mol. The zero-order chi connectivity index (χ0) is 14.8. The predicted octanol–water partition coefficient (Wildman–Crippen LogP) is 1.71. The molecule has 2 N–H and O–H groups in total. The van der Waals surface area contributed by atoms with Gasteiger partial charge in [-0.1, -0.05) is 18.9 Å². The first-order valence-corrected chi connectivity index (χ1v) is 7.94. The quantitative estimate of drug-likeness (QED) is 0.871. The van der Waals surface area contributed by atoms with Crippen LogP contribution in [0.15, 0.2) is 18.2 Å². The fraction of sp³-hybridized carbons (Fsp3) is 0.588. The van der Waals surface area contributed by atoms with E-state index in [1.807, 2.05) is 19.2 Å². The maximum atomic E-state index is 12.7. The number of likely N-dealkylation sites (N-methyl/N-ethyl adjacent to an activating group) is 1. The third-order valence-corrected chi connectivity index (χ3v) is 4.85. The summed E-state index contributed by atoms with van der Waals surface area (Å²) in [6.45, 7) is 1.85. The van der Waals surface area contributed by atoms with Crippen molar-refractivity contribution in [1.29, 1.82) is 0 Å². The van der Waals surface area contributed by atoms with Crippen molar-refractivity contribution in [2.24, 2.45) is 0 Å². The van der Waals surface area contributed by atoms with Crippen LogP contribution in [0.3, 0.4) is 0 Å². The first-order chi connectivity index (χ1) is 10.2. The lowest BCUT2D eigenvalue weighted by atomic mass is 9.91. The van der Waals surface area contributed by atoms with Gasteiger partial charge < -0.3 is 15.3 Å². The average molecular weight is 288 g/mol. The van der Waals surface area contributed by atoms with E-state index in [1.54, 1.807) is 4.90 Å². The number of carbonyl (C=O) groups is 1. The molecule has 0 bridgehead atoms. The molecular formula is C17H24N2O2. The number of benzene rings is 1. The highest BCUT2D eigenvalue weighted by molar-refractivity contribution is 5.94. The molecule has 4 heteroatoms. The number of aliphatic hydroxyl groups excluding tert-OH is 1. The lowest BCUT2D eigenvalue weighted by molar-refractivity contribution is 0.0268. The largest absolute Gasteiger partial charge is 0.391 e. The van der Waals surface area contributed by atoms with Crippen LogP contribution in [0.4, 0.5) is 0 Å². The standard InChI is InChI=1S/C17H24N2O2/c1-19(15-4-2-3-5-16(15)20)17(21)13-7-6-12-8-9-18-11-14(12)10-13/h6-7,10,15-16,18,20H,2-5,8-9,11H2,1H3. The van der Waals surface area contributed by atoms with Crippen molar-refractivity contribution in [3.63, 3.8) is 0 Å². The number of nitrogens with one attached hydrogen (secondary N) is 1. The van der Waals surface area contributed by atoms with Gasteiger partial charge in [0.25, 0.3) is 5.91 Å². The van der Waals surface area contributed by atoms with E-state index in [4.69, 9.17) is 0 Å². The van der Waals surface area contributed by atoms with Crippen LogP contribution in [0.1, 0.15) is 47.2 Å². The van der Waals surface area contributed by atoms with E-state index in [0.717, 1.165) is 50.8 Å². The van der Waals surface area contributed by atoms with E-state index in [1.165, 1.54) is 11.1 Å². The van der Waals surface area contributed by atoms with E-state index >= 15 is 0 Å². The van der Waals surface area contributed by atoms with Crippen molar-refractivity contribution in [1.82, 2.24) is 10.2 Å². The number of hydrogen-bond acceptors (Lipinski definition) is 3. The Balaban J connectivity index is 1.77. The minimum Gasteiger partial charge on any atom is -0.391 e. The van der Waals surface area contributed by atoms with Gasteiger partial charge in [0.05, 0.1) is 12.1 Å². The molecule has 2 unspecified atom stereocenters. The van der Waals surface area contributed by atoms with Crippen molar-refractivity contribution in [2.75, 3.05) is 13.6 Å². The molecule has 0 spiro atoms. The summed E-state index contributed by atoms with van der Waals surface area (Å²) in [5.41, 5.74) is 3.30. The maximum Gasteiger partial charge on any atom is 0.253 e. The van der Waals surface area contributed by atoms with E-state index in [9.17, 15) is 9.90 Å². The number of fused-ring (bicyclic) bond motifs is 1. The van der Waals surface area contributed by atoms with Crippen molar-refractivity contribution in [3.8, 4) is 0 Å². The van der Waals surface area contributed by atoms with Crippen LogP contribution in [-0.2, 0) is 13.0 Å². The Morgan fingerprint density at radius 2 is 2.10 bits per heavy atom. The number of aliphatic hydroxyl groups is 1. The fourth-order valence-corrected chi connectivity index (χ4v) is 3.51. The highest BCUT2D eigenvalue weighted by Crippen LogP contribution is 2.24. The Labute approximate surface area is 126 Å². The van der Waals surface area contributed by atoms with Crippen LogP contribution in [0.25, 0.3) is 0 Å². The Bertz CT molecular complexity index is 530. The van der Waals surface area contributed by atoms with Gasteiger partial charge in [0.1, 0.15) is 0 Å². The minimum absolute atomic E-state index is 0.0225. The van der Waals surface area contributed by atoms with Gasteiger partial charge in [0, 0.05) is 19.2 Å². The van der Waals surface area contributed by atoms with Crippen molar-refractivity contribution in [3.05, 3.63) is 34.9 Å². The van der Waals surface area contributed by atoms with Gasteiger partial charge in [-0.15, -0.1) is 0 Å². The molecule has 1 aliphatic carbocycles. The highest BCUT2D eigenvalue weighted by atomic mass is 16.3. The molecule has 4 nitrogen and oxygen atoms in total. The molecule has 1 heterocycles. The summed E-state index contributed by atoms with van der Waals surface area (Å²) in [5, 5.41) is 13.5. The lowest BCUT2D eigenvalue weighted by Crippen LogP contribution is -2.46. The zero-order valence-electron chi connectivity index (χ0n) is 12.6. The van der Waals surface area contributed by atoms with E-state index in [0.29, 0.717) is 0 Å². The molecule has 1 aromatic rings. The normalized spacial score (nSPS) is 25.2. The summed E-state index contributed by atoms with van der Waals surface area (Å²) < 4.78 is 0. The van der Waals surface area contributed by atoms with Crippen LogP contribution < -0.4 is 5.32 Å². The zero-order valence-corrected chi connectivity index (χ0v) is 12.6. The van der Waals surface area contributed by atoms with Crippen LogP contribution in [0.5, 0.6) is 0 Å². The second kappa shape index (κ2) is 6.16. The summed E-state index contributed by atoms with van der Waals surface area (Å²) in [5.74, 6) is 0.0225. The van der Waals surface area contributed by atoms with Gasteiger partial charge in [-0.3, -0.25) is 4.79 Å². The molecule has 1 aliphatic heterocycles. The molecule has 0 saturated heterocycles. The van der Waals surface area contributed by atoms with E-state index < -0.39 is 0 Å². The van der Waals surface area contributed by atoms with Crippen molar-refractivity contribution < 1.29 is 9.90 Å². The molecule has 114 valence electrons. The molecular weight excluding hydrogens is 264 g/mol. The Morgan fingerprint density at radius 3 is 2.90 bits per heavy atom. The molecule has 2 atom stereocenters. The molecule has 0 radical (unpaired) electrons. The topological polar surface area (TPSA) is 52.6 Å². The number of amides is 1. The molecule has 3 rings (SSSR count). The Kier molecular flexibility index (Phi) is 4.27. The highest BCUT2D eigenvalue weighted by Gasteiger charge is 2.30. The summed E-state index contributed by atoms with van der Waals surface area (Å²) in [6, 6.07) is 5.97. The van der Waals surface area contributed by atoms with E-state index in [2.05, 4.69) is 11.4 Å². The van der Waals surface area contributed by atoms with Gasteiger partial charge in [-0.2, -0.15) is 0 Å². The molecule has 21 heavy (non-hydrogen) atoms. The van der Waals surface area contributed by atoms with Crippen molar-refractivity contribution in [2.45, 2.75) is 50.8 Å². The lowest BCUT2D eigenvalue weighted by Gasteiger charge is -2.35. The molecule has 1 saturated carbocycles. The third kappa shape index (κ3) is 2.97. The smallest absolute Gasteiger partial charge is 0.253 e. The number of hydrogen-bond donors (Lipinski definition) is 2. The van der Waals surface area contributed by atoms with Gasteiger partial charge in [0.2, 0.25) is 0 Å². The summed E-state index contributed by atoms with van der Waals surface area (Å²) in [4.78, 5) is 14.4. The van der Waals surface area contributed by atoms with Crippen LogP contribution >= 0.6 is 0 Å². The van der Waals surface area contributed by atoms with Gasteiger partial charge in [-0.25, -0.2) is 0 Å². The van der Waals surface area contributed by atoms with Crippen LogP contribution in [-0.4, -0.2) is 41.7 Å². The molecule has 1 fully saturated rings. The third-order valence-electron chi connectivity index (χ3n) is 4.85. The van der Waals surface area contributed by atoms with E-state index in [-0.39, 0.29) is 18.1 Å². The second-order valence-electron chi connectivity index (χ2n) is 6.25. The first kappa shape index (κ1) is 14.5. The van der Waals surface area contributed by atoms with Gasteiger partial charge >= 0.3 is 0 Å². The molecule has 2 aliphatic rings. The first-order valence-electron chi connectivity index (χ1n) is 7.94. The van der Waals surface area contributed by atoms with Crippen LogP contribution in [0.2, 0.25) is 0 Å². The number of carbonyl (C=O) groups excluding carboxylic acids is 1. The molecule has 0 aromatic heterocycles. The Morgan fingerprint density at radius 1 is 1.29 bits per heavy atom. The molecule has 1 aromatic carbocycles. The minimum atomic E-state index is -0.382. The maximum absolute atomic E-state index is 12.7. The summed E-state index contributed by atoms with van der Waals surface area (Å²) in [7, 11) is 1.82. The summed E-state index contributed by atoms with van der Waals surface area (Å²) in [6.07, 6.45) is 4.50. The van der Waals surface area contributed by atoms with Crippen molar-refractivity contribution >= 4 is 5.91 Å². The molecule has 1 amide bonds. The summed E-state index contributed by atoms with van der Waals surface area (Å²) >= 11 is 0.